The molecule has 0 aromatic heterocycles. The number of carboxylic acid groups (broad SMARTS) is 1. The van der Waals surface area contributed by atoms with Crippen molar-refractivity contribution in [2.24, 2.45) is 11.3 Å². The van der Waals surface area contributed by atoms with Crippen LogP contribution in [0.1, 0.15) is 56.6 Å². The Balaban J connectivity index is 1.16. The lowest BCUT2D eigenvalue weighted by Gasteiger charge is -2.36. The van der Waals surface area contributed by atoms with Crippen LogP contribution in [0.3, 0.4) is 0 Å². The van der Waals surface area contributed by atoms with Crippen LogP contribution in [0.4, 0.5) is 4.79 Å². The van der Waals surface area contributed by atoms with Crippen molar-refractivity contribution in [3.8, 4) is 11.1 Å². The number of rotatable bonds is 7. The number of amides is 2. The van der Waals surface area contributed by atoms with Crippen LogP contribution in [0.5, 0.6) is 0 Å². The minimum Gasteiger partial charge on any atom is -0.479 e. The van der Waals surface area contributed by atoms with Crippen molar-refractivity contribution in [3.05, 3.63) is 59.7 Å². The van der Waals surface area contributed by atoms with Gasteiger partial charge in [0.2, 0.25) is 5.91 Å². The van der Waals surface area contributed by atoms with Gasteiger partial charge in [-0.2, -0.15) is 0 Å². The molecule has 2 fully saturated rings. The van der Waals surface area contributed by atoms with Gasteiger partial charge in [-0.1, -0.05) is 62.4 Å². The van der Waals surface area contributed by atoms with Gasteiger partial charge in [0.05, 0.1) is 0 Å². The summed E-state index contributed by atoms with van der Waals surface area (Å²) in [6, 6.07) is 16.4. The highest BCUT2D eigenvalue weighted by Crippen LogP contribution is 2.54. The van der Waals surface area contributed by atoms with Crippen LogP contribution in [0.15, 0.2) is 48.5 Å². The molecular formula is C28H32N2O5. The topological polar surface area (TPSA) is 95.9 Å². The number of hydrogen-bond donors (Lipinski definition) is 2. The number of hydrogen-bond acceptors (Lipinski definition) is 4. The number of alkyl carbamates (subject to hydrolysis) is 1. The molecule has 7 heteroatoms. The van der Waals surface area contributed by atoms with Gasteiger partial charge in [0.15, 0.2) is 0 Å². The number of nitrogens with one attached hydrogen (secondary N) is 1. The van der Waals surface area contributed by atoms with Gasteiger partial charge in [-0.3, -0.25) is 4.79 Å². The zero-order valence-electron chi connectivity index (χ0n) is 20.3. The number of ether oxygens (including phenoxy) is 1. The Kier molecular flexibility index (Phi) is 5.82. The smallest absolute Gasteiger partial charge is 0.407 e. The molecule has 5 rings (SSSR count). The Morgan fingerprint density at radius 2 is 1.71 bits per heavy atom. The highest BCUT2D eigenvalue weighted by molar-refractivity contribution is 5.91. The largest absolute Gasteiger partial charge is 0.479 e. The predicted octanol–water partition coefficient (Wildman–Crippen LogP) is 4.41. The zero-order valence-corrected chi connectivity index (χ0v) is 20.3. The van der Waals surface area contributed by atoms with Gasteiger partial charge in [-0.05, 0) is 52.8 Å². The number of carbonyl (C=O) groups excluding carboxylic acids is 2. The van der Waals surface area contributed by atoms with Crippen molar-refractivity contribution >= 4 is 18.0 Å². The van der Waals surface area contributed by atoms with Crippen molar-refractivity contribution in [1.29, 1.82) is 0 Å². The fourth-order valence-electron chi connectivity index (χ4n) is 5.94. The van der Waals surface area contributed by atoms with Crippen molar-refractivity contribution in [1.82, 2.24) is 10.2 Å². The fourth-order valence-corrected chi connectivity index (χ4v) is 5.94. The second-order valence-corrected chi connectivity index (χ2v) is 10.8. The molecule has 0 spiro atoms. The first-order valence-corrected chi connectivity index (χ1v) is 12.4. The minimum absolute atomic E-state index is 0.0134. The molecule has 2 amide bonds. The summed E-state index contributed by atoms with van der Waals surface area (Å²) in [6.45, 7) is 4.77. The summed E-state index contributed by atoms with van der Waals surface area (Å²) in [6.07, 6.45) is 1.90. The lowest BCUT2D eigenvalue weighted by molar-refractivity contribution is -0.155. The van der Waals surface area contributed by atoms with E-state index in [2.05, 4.69) is 29.6 Å². The first kappa shape index (κ1) is 23.4. The van der Waals surface area contributed by atoms with Gasteiger partial charge >= 0.3 is 12.1 Å². The molecule has 1 saturated heterocycles. The lowest BCUT2D eigenvalue weighted by Crippen LogP contribution is -2.52. The Morgan fingerprint density at radius 3 is 2.34 bits per heavy atom. The first-order chi connectivity index (χ1) is 16.7. The summed E-state index contributed by atoms with van der Waals surface area (Å²) in [5.74, 6) is -1.00. The van der Waals surface area contributed by atoms with Crippen LogP contribution in [-0.4, -0.2) is 53.2 Å². The molecule has 184 valence electrons. The van der Waals surface area contributed by atoms with Gasteiger partial charge in [0.25, 0.3) is 0 Å². The number of likely N-dealkylation sites (tertiary alicyclic amines) is 1. The van der Waals surface area contributed by atoms with E-state index in [4.69, 9.17) is 4.74 Å². The van der Waals surface area contributed by atoms with E-state index in [1.807, 2.05) is 38.1 Å². The van der Waals surface area contributed by atoms with Crippen molar-refractivity contribution in [2.75, 3.05) is 19.7 Å². The Bertz CT molecular complexity index is 1130. The van der Waals surface area contributed by atoms with Crippen molar-refractivity contribution in [2.45, 2.75) is 51.0 Å². The molecule has 7 nitrogen and oxygen atoms in total. The third-order valence-corrected chi connectivity index (χ3v) is 7.84. The predicted molar refractivity (Wildman–Crippen MR) is 131 cm³/mol. The first-order valence-electron chi connectivity index (χ1n) is 12.4. The van der Waals surface area contributed by atoms with E-state index in [0.717, 1.165) is 24.0 Å². The van der Waals surface area contributed by atoms with E-state index in [-0.39, 0.29) is 37.3 Å². The molecule has 0 unspecified atom stereocenters. The SMILES string of the molecule is CC(C)(CNC(=O)OCC1c2ccccc2-c2ccccc21)CC(=O)N1CCC[C@@H]2C[C@@]21C(=O)O. The number of piperidine rings is 1. The molecule has 3 aliphatic rings. The van der Waals surface area contributed by atoms with Gasteiger partial charge in [-0.15, -0.1) is 0 Å². The van der Waals surface area contributed by atoms with Crippen LogP contribution >= 0.6 is 0 Å². The summed E-state index contributed by atoms with van der Waals surface area (Å²) in [5.41, 5.74) is 3.10. The summed E-state index contributed by atoms with van der Waals surface area (Å²) >= 11 is 0. The van der Waals surface area contributed by atoms with Crippen molar-refractivity contribution in [3.63, 3.8) is 0 Å². The second-order valence-electron chi connectivity index (χ2n) is 10.8. The number of nitrogens with zero attached hydrogens (tertiary/aromatic N) is 1. The maximum Gasteiger partial charge on any atom is 0.407 e. The van der Waals surface area contributed by atoms with Crippen molar-refractivity contribution < 1.29 is 24.2 Å². The molecule has 2 aliphatic carbocycles. The van der Waals surface area contributed by atoms with E-state index in [1.54, 1.807) is 4.90 Å². The molecule has 0 radical (unpaired) electrons. The van der Waals surface area contributed by atoms with E-state index < -0.39 is 23.0 Å². The Labute approximate surface area is 205 Å². The molecule has 1 heterocycles. The van der Waals surface area contributed by atoms with Gasteiger partial charge in [0, 0.05) is 25.4 Å². The van der Waals surface area contributed by atoms with Gasteiger partial charge in [-0.25, -0.2) is 9.59 Å². The van der Waals surface area contributed by atoms with Crippen LogP contribution in [0, 0.1) is 11.3 Å². The van der Waals surface area contributed by atoms with Gasteiger partial charge < -0.3 is 20.1 Å². The monoisotopic (exact) mass is 476 g/mol. The molecule has 2 N–H and O–H groups in total. The highest BCUT2D eigenvalue weighted by Gasteiger charge is 2.66. The molecule has 1 saturated carbocycles. The molecule has 2 atom stereocenters. The van der Waals surface area contributed by atoms with Crippen LogP contribution < -0.4 is 5.32 Å². The fraction of sp³-hybridized carbons (Fsp3) is 0.464. The number of aliphatic carboxylic acids is 1. The van der Waals surface area contributed by atoms with E-state index in [9.17, 15) is 19.5 Å². The molecule has 2 aromatic rings. The zero-order chi connectivity index (χ0) is 24.8. The quantitative estimate of drug-likeness (QED) is 0.617. The summed E-state index contributed by atoms with van der Waals surface area (Å²) < 4.78 is 5.60. The Hall–Kier alpha value is -3.35. The summed E-state index contributed by atoms with van der Waals surface area (Å²) in [4.78, 5) is 39.1. The summed E-state index contributed by atoms with van der Waals surface area (Å²) in [5, 5.41) is 12.5. The molecule has 1 aliphatic heterocycles. The third-order valence-electron chi connectivity index (χ3n) is 7.84. The normalized spacial score (nSPS) is 22.6. The number of benzene rings is 2. The average Bonchev–Trinajstić information content (AvgIpc) is 3.52. The molecule has 0 bridgehead atoms. The maximum atomic E-state index is 13.1. The van der Waals surface area contributed by atoms with E-state index >= 15 is 0 Å². The molecular weight excluding hydrogens is 444 g/mol. The highest BCUT2D eigenvalue weighted by atomic mass is 16.5. The van der Waals surface area contributed by atoms with Crippen LogP contribution in [-0.2, 0) is 14.3 Å². The lowest BCUT2D eigenvalue weighted by atomic mass is 9.87. The number of carbonyl (C=O) groups is 3. The second kappa shape index (κ2) is 8.70. The molecule has 2 aromatic carbocycles. The maximum absolute atomic E-state index is 13.1. The molecule has 35 heavy (non-hydrogen) atoms. The Morgan fingerprint density at radius 1 is 1.09 bits per heavy atom. The standard InChI is InChI=1S/C28H32N2O5/c1-27(2,15-24(31)30-13-7-8-18-14-28(18,30)25(32)33)17-29-26(34)35-16-23-21-11-5-3-9-19(21)20-10-4-6-12-22(20)23/h3-6,9-12,18,23H,7-8,13-17H2,1-2H3,(H,29,34)(H,32,33)/t18-,28+/m1/s1. The van der Waals surface area contributed by atoms with Crippen LogP contribution in [0.2, 0.25) is 0 Å². The van der Waals surface area contributed by atoms with Crippen LogP contribution in [0.25, 0.3) is 11.1 Å². The number of fused-ring (bicyclic) bond motifs is 4. The van der Waals surface area contributed by atoms with Gasteiger partial charge in [0.1, 0.15) is 12.1 Å². The third kappa shape index (κ3) is 4.17. The van der Waals surface area contributed by atoms with E-state index in [1.165, 1.54) is 11.1 Å². The van der Waals surface area contributed by atoms with E-state index in [0.29, 0.717) is 13.0 Å². The average molecular weight is 477 g/mol. The minimum atomic E-state index is -1.01. The summed E-state index contributed by atoms with van der Waals surface area (Å²) in [7, 11) is 0. The number of carboxylic acids is 1.